The van der Waals surface area contributed by atoms with Crippen molar-refractivity contribution in [2.24, 2.45) is 0 Å². The molecule has 0 aliphatic heterocycles. The number of hydrogen-bond acceptors (Lipinski definition) is 4. The molecule has 0 saturated heterocycles. The lowest BCUT2D eigenvalue weighted by atomic mass is 10.4. The number of H-pyrrole nitrogens is 2. The highest BCUT2D eigenvalue weighted by atomic mass is 32.1. The molecule has 60 valence electrons. The number of aliphatic hydroxyl groups excluding tert-OH is 1. The molecule has 0 spiro atoms. The highest BCUT2D eigenvalue weighted by Crippen LogP contribution is 2.00. The topological polar surface area (TPSA) is 89.1 Å². The average Bonchev–Trinajstić information content (AvgIpc) is 1.85. The van der Waals surface area contributed by atoms with Gasteiger partial charge in [-0.05, 0) is 12.2 Å². The first-order chi connectivity index (χ1) is 5.09. The van der Waals surface area contributed by atoms with Crippen LogP contribution in [0.2, 0.25) is 0 Å². The number of nitrogens with one attached hydrogen (secondary N) is 2. The Kier molecular flexibility index (Phi) is 2.18. The third kappa shape index (κ3) is 1.97. The Morgan fingerprint density at radius 3 is 2.55 bits per heavy atom. The number of hydrogen-bond donors (Lipinski definition) is 4. The summed E-state index contributed by atoms with van der Waals surface area (Å²) in [4.78, 5) is 15.3. The van der Waals surface area contributed by atoms with E-state index in [0.717, 1.165) is 6.07 Å². The predicted molar refractivity (Wildman–Crippen MR) is 39.4 cm³/mol. The first-order valence-electron chi connectivity index (χ1n) is 2.79. The minimum absolute atomic E-state index is 0.0150. The summed E-state index contributed by atoms with van der Waals surface area (Å²) in [7, 11) is 0. The Balaban J connectivity index is 3.30. The van der Waals surface area contributed by atoms with Crippen LogP contribution in [0.3, 0.4) is 0 Å². The van der Waals surface area contributed by atoms with Gasteiger partial charge in [-0.2, -0.15) is 0 Å². The van der Waals surface area contributed by atoms with Gasteiger partial charge < -0.3 is 15.2 Å². The van der Waals surface area contributed by atoms with Gasteiger partial charge in [0.25, 0.3) is 5.56 Å². The average molecular weight is 174 g/mol. The SMILES string of the molecule is O=c1cc(C(O)O)[nH]c(=S)[nH]1. The molecule has 1 aromatic heterocycles. The van der Waals surface area contributed by atoms with Gasteiger partial charge in [0.2, 0.25) is 0 Å². The van der Waals surface area contributed by atoms with Gasteiger partial charge in [0.05, 0.1) is 5.69 Å². The summed E-state index contributed by atoms with van der Waals surface area (Å²) in [5.74, 6) is 0. The van der Waals surface area contributed by atoms with E-state index in [1.165, 1.54) is 0 Å². The van der Waals surface area contributed by atoms with E-state index in [-0.39, 0.29) is 10.5 Å². The molecular formula is C5H6N2O3S. The van der Waals surface area contributed by atoms with Crippen LogP contribution in [-0.2, 0) is 0 Å². The van der Waals surface area contributed by atoms with E-state index in [2.05, 4.69) is 22.2 Å². The van der Waals surface area contributed by atoms with Crippen LogP contribution in [0.1, 0.15) is 12.0 Å². The van der Waals surface area contributed by atoms with Crippen molar-refractivity contribution in [3.05, 3.63) is 26.9 Å². The second kappa shape index (κ2) is 2.95. The summed E-state index contributed by atoms with van der Waals surface area (Å²) in [5.41, 5.74) is -0.476. The van der Waals surface area contributed by atoms with Crippen molar-refractivity contribution in [1.29, 1.82) is 0 Å². The van der Waals surface area contributed by atoms with Gasteiger partial charge in [-0.25, -0.2) is 0 Å². The van der Waals surface area contributed by atoms with Crippen LogP contribution in [0.25, 0.3) is 0 Å². The van der Waals surface area contributed by atoms with Gasteiger partial charge >= 0.3 is 0 Å². The monoisotopic (exact) mass is 174 g/mol. The molecule has 0 radical (unpaired) electrons. The van der Waals surface area contributed by atoms with Crippen molar-refractivity contribution in [2.75, 3.05) is 0 Å². The van der Waals surface area contributed by atoms with Gasteiger partial charge in [-0.1, -0.05) is 0 Å². The molecule has 5 nitrogen and oxygen atoms in total. The van der Waals surface area contributed by atoms with E-state index >= 15 is 0 Å². The summed E-state index contributed by atoms with van der Waals surface area (Å²) in [5, 5.41) is 17.2. The molecule has 0 aliphatic carbocycles. The number of aromatic nitrogens is 2. The van der Waals surface area contributed by atoms with Crippen LogP contribution in [0.4, 0.5) is 0 Å². The molecule has 1 rings (SSSR count). The van der Waals surface area contributed by atoms with E-state index in [4.69, 9.17) is 10.2 Å². The number of rotatable bonds is 1. The number of aromatic amines is 2. The maximum Gasteiger partial charge on any atom is 0.252 e. The lowest BCUT2D eigenvalue weighted by Gasteiger charge is -2.00. The fourth-order valence-electron chi connectivity index (χ4n) is 0.627. The molecule has 0 aromatic carbocycles. The zero-order valence-electron chi connectivity index (χ0n) is 5.37. The Labute approximate surface area is 66.3 Å². The zero-order valence-corrected chi connectivity index (χ0v) is 6.18. The van der Waals surface area contributed by atoms with Gasteiger partial charge in [-0.3, -0.25) is 9.78 Å². The highest BCUT2D eigenvalue weighted by molar-refractivity contribution is 7.71. The largest absolute Gasteiger partial charge is 0.363 e. The minimum Gasteiger partial charge on any atom is -0.363 e. The Morgan fingerprint density at radius 2 is 2.09 bits per heavy atom. The second-order valence-corrected chi connectivity index (χ2v) is 2.32. The van der Waals surface area contributed by atoms with Crippen LogP contribution < -0.4 is 5.56 Å². The van der Waals surface area contributed by atoms with E-state index < -0.39 is 11.8 Å². The van der Waals surface area contributed by atoms with Gasteiger partial charge in [0.15, 0.2) is 11.1 Å². The first kappa shape index (κ1) is 8.12. The Bertz CT molecular complexity index is 325. The molecule has 0 unspecified atom stereocenters. The van der Waals surface area contributed by atoms with E-state index in [1.54, 1.807) is 0 Å². The number of aliphatic hydroxyl groups is 2. The van der Waals surface area contributed by atoms with Crippen molar-refractivity contribution in [3.8, 4) is 0 Å². The third-order valence-electron chi connectivity index (χ3n) is 1.06. The van der Waals surface area contributed by atoms with Gasteiger partial charge in [0, 0.05) is 6.07 Å². The molecule has 0 bridgehead atoms. The smallest absolute Gasteiger partial charge is 0.252 e. The summed E-state index contributed by atoms with van der Waals surface area (Å²) < 4.78 is 0.0700. The summed E-state index contributed by atoms with van der Waals surface area (Å²) in [6.45, 7) is 0. The van der Waals surface area contributed by atoms with Crippen LogP contribution >= 0.6 is 12.2 Å². The first-order valence-corrected chi connectivity index (χ1v) is 3.20. The molecule has 0 fully saturated rings. The zero-order chi connectivity index (χ0) is 8.43. The molecule has 0 aliphatic rings. The van der Waals surface area contributed by atoms with Crippen LogP contribution in [0, 0.1) is 4.77 Å². The van der Waals surface area contributed by atoms with Crippen LogP contribution in [-0.4, -0.2) is 20.2 Å². The normalized spacial score (nSPS) is 10.5. The molecule has 1 aromatic rings. The standard InChI is InChI=1S/C5H6N2O3S/c8-3-1-2(4(9)10)6-5(11)7-3/h1,4,9-10H,(H2,6,7,8,11). The second-order valence-electron chi connectivity index (χ2n) is 1.92. The molecule has 6 heteroatoms. The summed E-state index contributed by atoms with van der Waals surface area (Å²) >= 11 is 4.57. The minimum atomic E-state index is -1.70. The van der Waals surface area contributed by atoms with E-state index in [9.17, 15) is 4.79 Å². The van der Waals surface area contributed by atoms with E-state index in [1.807, 2.05) is 0 Å². The Hall–Kier alpha value is -0.980. The molecule has 0 saturated carbocycles. The predicted octanol–water partition coefficient (Wildman–Crippen LogP) is -0.584. The fraction of sp³-hybridized carbons (Fsp3) is 0.200. The highest BCUT2D eigenvalue weighted by Gasteiger charge is 2.02. The van der Waals surface area contributed by atoms with Gasteiger partial charge in [0.1, 0.15) is 0 Å². The van der Waals surface area contributed by atoms with Gasteiger partial charge in [-0.15, -0.1) is 0 Å². The molecule has 1 heterocycles. The molecule has 0 amide bonds. The Morgan fingerprint density at radius 1 is 1.45 bits per heavy atom. The molecular weight excluding hydrogens is 168 g/mol. The molecule has 4 N–H and O–H groups in total. The van der Waals surface area contributed by atoms with Crippen molar-refractivity contribution in [3.63, 3.8) is 0 Å². The maximum absolute atomic E-state index is 10.7. The van der Waals surface area contributed by atoms with Crippen molar-refractivity contribution in [2.45, 2.75) is 6.29 Å². The molecule has 0 atom stereocenters. The van der Waals surface area contributed by atoms with Crippen molar-refractivity contribution < 1.29 is 10.2 Å². The molecule has 11 heavy (non-hydrogen) atoms. The van der Waals surface area contributed by atoms with Crippen molar-refractivity contribution in [1.82, 2.24) is 9.97 Å². The summed E-state index contributed by atoms with van der Waals surface area (Å²) in [6.07, 6.45) is -1.70. The maximum atomic E-state index is 10.7. The lowest BCUT2D eigenvalue weighted by Crippen LogP contribution is -2.10. The van der Waals surface area contributed by atoms with Crippen molar-refractivity contribution >= 4 is 12.2 Å². The third-order valence-corrected chi connectivity index (χ3v) is 1.26. The van der Waals surface area contributed by atoms with E-state index in [0.29, 0.717) is 0 Å². The van der Waals surface area contributed by atoms with Crippen LogP contribution in [0.15, 0.2) is 10.9 Å². The summed E-state index contributed by atoms with van der Waals surface area (Å²) in [6, 6.07) is 1.03. The lowest BCUT2D eigenvalue weighted by molar-refractivity contribution is -0.0460. The quantitative estimate of drug-likeness (QED) is 0.338. The fourth-order valence-corrected chi connectivity index (χ4v) is 0.845. The van der Waals surface area contributed by atoms with Crippen LogP contribution in [0.5, 0.6) is 0 Å².